The molecule has 0 amide bonds. The molecule has 0 aliphatic rings. The van der Waals surface area contributed by atoms with Crippen LogP contribution in [-0.2, 0) is 6.54 Å². The minimum atomic E-state index is -0.613. The van der Waals surface area contributed by atoms with E-state index >= 15 is 0 Å². The Kier molecular flexibility index (Phi) is 2.96. The van der Waals surface area contributed by atoms with Crippen LogP contribution in [0.5, 0.6) is 0 Å². The zero-order valence-corrected chi connectivity index (χ0v) is 8.53. The van der Waals surface area contributed by atoms with Gasteiger partial charge in [-0.25, -0.2) is 13.8 Å². The molecule has 1 heterocycles. The topological polar surface area (TPSA) is 43.8 Å². The molecule has 0 radical (unpaired) electrons. The highest BCUT2D eigenvalue weighted by Gasteiger charge is 2.08. The van der Waals surface area contributed by atoms with E-state index in [2.05, 4.69) is 4.98 Å². The van der Waals surface area contributed by atoms with Crippen LogP contribution < -0.4 is 5.73 Å². The van der Waals surface area contributed by atoms with Crippen molar-refractivity contribution in [1.82, 2.24) is 9.55 Å². The highest BCUT2D eigenvalue weighted by atomic mass is 19.1. The molecule has 0 saturated carbocycles. The number of rotatable bonds is 3. The summed E-state index contributed by atoms with van der Waals surface area (Å²) in [6.45, 7) is 1.11. The van der Waals surface area contributed by atoms with Gasteiger partial charge in [-0.15, -0.1) is 0 Å². The van der Waals surface area contributed by atoms with Gasteiger partial charge in [0.1, 0.15) is 11.6 Å². The van der Waals surface area contributed by atoms with Gasteiger partial charge in [-0.05, 0) is 12.1 Å². The van der Waals surface area contributed by atoms with E-state index in [1.165, 1.54) is 12.1 Å². The molecule has 2 N–H and O–H groups in total. The molecule has 3 nitrogen and oxygen atoms in total. The van der Waals surface area contributed by atoms with E-state index in [9.17, 15) is 8.78 Å². The molecule has 84 valence electrons. The van der Waals surface area contributed by atoms with Crippen LogP contribution in [0.4, 0.5) is 8.78 Å². The Hall–Kier alpha value is -1.75. The fourth-order valence-electron chi connectivity index (χ4n) is 1.47. The van der Waals surface area contributed by atoms with E-state index in [0.717, 1.165) is 6.07 Å². The molecule has 0 unspecified atom stereocenters. The standard InChI is InChI=1S/C11H11F2N3/c12-8-1-2-9(10(13)5-8)11-6-16(4-3-14)7-15-11/h1-2,5-7H,3-4,14H2. The van der Waals surface area contributed by atoms with E-state index in [0.29, 0.717) is 18.8 Å². The van der Waals surface area contributed by atoms with Gasteiger partial charge in [-0.3, -0.25) is 0 Å². The van der Waals surface area contributed by atoms with E-state index in [4.69, 9.17) is 5.73 Å². The Morgan fingerprint density at radius 1 is 1.31 bits per heavy atom. The number of nitrogens with two attached hydrogens (primary N) is 1. The molecule has 0 aliphatic carbocycles. The zero-order chi connectivity index (χ0) is 11.5. The fraction of sp³-hybridized carbons (Fsp3) is 0.182. The quantitative estimate of drug-likeness (QED) is 0.862. The van der Waals surface area contributed by atoms with Crippen molar-refractivity contribution in [3.63, 3.8) is 0 Å². The van der Waals surface area contributed by atoms with Crippen molar-refractivity contribution in [2.45, 2.75) is 6.54 Å². The van der Waals surface area contributed by atoms with E-state index in [1.54, 1.807) is 17.1 Å². The molecule has 0 saturated heterocycles. The van der Waals surface area contributed by atoms with Gasteiger partial charge in [-0.1, -0.05) is 0 Å². The number of hydrogen-bond acceptors (Lipinski definition) is 2. The summed E-state index contributed by atoms with van der Waals surface area (Å²) in [5.41, 5.74) is 6.15. The van der Waals surface area contributed by atoms with Gasteiger partial charge in [0, 0.05) is 30.9 Å². The van der Waals surface area contributed by atoms with Gasteiger partial charge < -0.3 is 10.3 Å². The van der Waals surface area contributed by atoms with E-state index in [-0.39, 0.29) is 5.56 Å². The molecule has 0 atom stereocenters. The Labute approximate surface area is 91.5 Å². The lowest BCUT2D eigenvalue weighted by Crippen LogP contribution is -2.07. The van der Waals surface area contributed by atoms with Crippen molar-refractivity contribution in [3.05, 3.63) is 42.4 Å². The first-order valence-electron chi connectivity index (χ1n) is 4.88. The summed E-state index contributed by atoms with van der Waals surface area (Å²) in [5, 5.41) is 0. The summed E-state index contributed by atoms with van der Waals surface area (Å²) in [5.74, 6) is -1.21. The molecular formula is C11H11F2N3. The van der Waals surface area contributed by atoms with Crippen LogP contribution in [0.3, 0.4) is 0 Å². The second kappa shape index (κ2) is 4.40. The maximum atomic E-state index is 13.4. The van der Waals surface area contributed by atoms with Gasteiger partial charge in [-0.2, -0.15) is 0 Å². The Morgan fingerprint density at radius 3 is 2.81 bits per heavy atom. The molecule has 0 bridgehead atoms. The molecular weight excluding hydrogens is 212 g/mol. The maximum Gasteiger partial charge on any atom is 0.135 e. The number of hydrogen-bond donors (Lipinski definition) is 1. The highest BCUT2D eigenvalue weighted by Crippen LogP contribution is 2.21. The Morgan fingerprint density at radius 2 is 2.12 bits per heavy atom. The lowest BCUT2D eigenvalue weighted by atomic mass is 10.1. The number of aromatic nitrogens is 2. The van der Waals surface area contributed by atoms with E-state index < -0.39 is 11.6 Å². The molecule has 0 spiro atoms. The number of benzene rings is 1. The van der Waals surface area contributed by atoms with Crippen LogP contribution in [0.15, 0.2) is 30.7 Å². The average Bonchev–Trinajstić information content (AvgIpc) is 2.67. The lowest BCUT2D eigenvalue weighted by Gasteiger charge is -1.99. The first-order valence-corrected chi connectivity index (χ1v) is 4.88. The molecule has 2 aromatic rings. The van der Waals surface area contributed by atoms with Gasteiger partial charge in [0.25, 0.3) is 0 Å². The van der Waals surface area contributed by atoms with Crippen LogP contribution in [0.1, 0.15) is 0 Å². The van der Waals surface area contributed by atoms with Gasteiger partial charge >= 0.3 is 0 Å². The third-order valence-electron chi connectivity index (χ3n) is 2.23. The minimum Gasteiger partial charge on any atom is -0.336 e. The first-order chi connectivity index (χ1) is 7.70. The van der Waals surface area contributed by atoms with Crippen LogP contribution >= 0.6 is 0 Å². The predicted octanol–water partition coefficient (Wildman–Crippen LogP) is 1.79. The van der Waals surface area contributed by atoms with Crippen molar-refractivity contribution in [1.29, 1.82) is 0 Å². The summed E-state index contributed by atoms with van der Waals surface area (Å²) >= 11 is 0. The van der Waals surface area contributed by atoms with Crippen molar-refractivity contribution >= 4 is 0 Å². The van der Waals surface area contributed by atoms with Crippen LogP contribution in [0, 0.1) is 11.6 Å². The maximum absolute atomic E-state index is 13.4. The number of nitrogens with zero attached hydrogens (tertiary/aromatic N) is 2. The van der Waals surface area contributed by atoms with Crippen LogP contribution in [-0.4, -0.2) is 16.1 Å². The molecule has 0 aliphatic heterocycles. The fourth-order valence-corrected chi connectivity index (χ4v) is 1.47. The number of halogens is 2. The minimum absolute atomic E-state index is 0.289. The average molecular weight is 223 g/mol. The second-order valence-corrected chi connectivity index (χ2v) is 3.41. The van der Waals surface area contributed by atoms with E-state index in [1.807, 2.05) is 0 Å². The first kappa shape index (κ1) is 10.8. The number of imidazole rings is 1. The molecule has 16 heavy (non-hydrogen) atoms. The summed E-state index contributed by atoms with van der Waals surface area (Å²) in [6.07, 6.45) is 3.26. The summed E-state index contributed by atoms with van der Waals surface area (Å²) in [4.78, 5) is 4.04. The highest BCUT2D eigenvalue weighted by molar-refractivity contribution is 5.58. The predicted molar refractivity (Wildman–Crippen MR) is 56.6 cm³/mol. The summed E-state index contributed by atoms with van der Waals surface area (Å²) in [7, 11) is 0. The third kappa shape index (κ3) is 2.09. The molecule has 0 fully saturated rings. The van der Waals surface area contributed by atoms with Crippen LogP contribution in [0.2, 0.25) is 0 Å². The van der Waals surface area contributed by atoms with Crippen molar-refractivity contribution in [3.8, 4) is 11.3 Å². The van der Waals surface area contributed by atoms with Crippen molar-refractivity contribution in [2.24, 2.45) is 5.73 Å². The summed E-state index contributed by atoms with van der Waals surface area (Å²) in [6, 6.07) is 3.43. The monoisotopic (exact) mass is 223 g/mol. The smallest absolute Gasteiger partial charge is 0.135 e. The molecule has 2 rings (SSSR count). The normalized spacial score (nSPS) is 10.7. The second-order valence-electron chi connectivity index (χ2n) is 3.41. The van der Waals surface area contributed by atoms with Gasteiger partial charge in [0.05, 0.1) is 12.0 Å². The van der Waals surface area contributed by atoms with Crippen molar-refractivity contribution in [2.75, 3.05) is 6.54 Å². The lowest BCUT2D eigenvalue weighted by molar-refractivity contribution is 0.585. The Bertz CT molecular complexity index is 494. The molecule has 1 aromatic carbocycles. The molecule has 5 heteroatoms. The summed E-state index contributed by atoms with van der Waals surface area (Å²) < 4.78 is 27.9. The third-order valence-corrected chi connectivity index (χ3v) is 2.23. The SMILES string of the molecule is NCCn1cnc(-c2ccc(F)cc2F)c1. The largest absolute Gasteiger partial charge is 0.336 e. The van der Waals surface area contributed by atoms with Crippen LogP contribution in [0.25, 0.3) is 11.3 Å². The Balaban J connectivity index is 2.35. The van der Waals surface area contributed by atoms with Gasteiger partial charge in [0.2, 0.25) is 0 Å². The van der Waals surface area contributed by atoms with Gasteiger partial charge in [0.15, 0.2) is 0 Å². The molecule has 1 aromatic heterocycles. The zero-order valence-electron chi connectivity index (χ0n) is 8.53. The van der Waals surface area contributed by atoms with Crippen molar-refractivity contribution < 1.29 is 8.78 Å².